The largest absolute Gasteiger partial charge is 0.483 e. The fourth-order valence-electron chi connectivity index (χ4n) is 3.94. The molecule has 2 aliphatic rings. The molecule has 0 spiro atoms. The van der Waals surface area contributed by atoms with Crippen LogP contribution in [0.25, 0.3) is 0 Å². The van der Waals surface area contributed by atoms with E-state index < -0.39 is 42.2 Å². The standard InChI is InChI=1S/C25H29N5O8/c1-3-11-29(2)14-20(32)26-9-12-37-13-10-27-21(33)15-38-18-6-4-5-16-22(18)25(36)30(24(16)35)17-7-8-19(31)28-23(17)34/h1,4-6,17H,7-15H2,2H3,(H,26,32)(H,27,33)(H,28,31,34). The van der Waals surface area contributed by atoms with Gasteiger partial charge in [-0.25, -0.2) is 0 Å². The summed E-state index contributed by atoms with van der Waals surface area (Å²) >= 11 is 0. The molecule has 0 bridgehead atoms. The van der Waals surface area contributed by atoms with Crippen LogP contribution in [0.1, 0.15) is 33.6 Å². The summed E-state index contributed by atoms with van der Waals surface area (Å²) in [4.78, 5) is 75.9. The molecule has 6 amide bonds. The Bertz CT molecular complexity index is 1160. The SMILES string of the molecule is C#CCN(C)CC(=O)NCCOCCNC(=O)COc1cccc2c1C(=O)N(C1CCC(=O)NC1=O)C2=O. The Morgan fingerprint density at radius 3 is 2.53 bits per heavy atom. The van der Waals surface area contributed by atoms with Gasteiger partial charge >= 0.3 is 0 Å². The average molecular weight is 528 g/mol. The number of nitrogens with one attached hydrogen (secondary N) is 3. The highest BCUT2D eigenvalue weighted by atomic mass is 16.5. The lowest BCUT2D eigenvalue weighted by Crippen LogP contribution is -2.54. The molecule has 1 atom stereocenters. The number of ether oxygens (including phenoxy) is 2. The van der Waals surface area contributed by atoms with Crippen molar-refractivity contribution in [2.75, 3.05) is 53.0 Å². The highest BCUT2D eigenvalue weighted by molar-refractivity contribution is 6.24. The van der Waals surface area contributed by atoms with E-state index in [9.17, 15) is 28.8 Å². The van der Waals surface area contributed by atoms with E-state index in [2.05, 4.69) is 21.9 Å². The van der Waals surface area contributed by atoms with Gasteiger partial charge in [0.1, 0.15) is 11.8 Å². The van der Waals surface area contributed by atoms with Gasteiger partial charge in [-0.15, -0.1) is 6.42 Å². The quantitative estimate of drug-likeness (QED) is 0.154. The van der Waals surface area contributed by atoms with Crippen LogP contribution < -0.4 is 20.7 Å². The smallest absolute Gasteiger partial charge is 0.266 e. The second-order valence-electron chi connectivity index (χ2n) is 8.60. The Morgan fingerprint density at radius 1 is 1.13 bits per heavy atom. The van der Waals surface area contributed by atoms with Crippen molar-refractivity contribution in [3.63, 3.8) is 0 Å². The van der Waals surface area contributed by atoms with Gasteiger partial charge in [0.2, 0.25) is 17.7 Å². The van der Waals surface area contributed by atoms with Crippen LogP contribution in [0.4, 0.5) is 0 Å². The van der Waals surface area contributed by atoms with E-state index in [4.69, 9.17) is 15.9 Å². The predicted octanol–water partition coefficient (Wildman–Crippen LogP) is -1.72. The minimum absolute atomic E-state index is 0.0104. The fraction of sp³-hybridized carbons (Fsp3) is 0.440. The number of hydrogen-bond donors (Lipinski definition) is 3. The number of imide groups is 2. The number of amides is 6. The Balaban J connectivity index is 1.40. The van der Waals surface area contributed by atoms with Crippen LogP contribution in [0, 0.1) is 12.3 Å². The van der Waals surface area contributed by atoms with Crippen LogP contribution >= 0.6 is 0 Å². The predicted molar refractivity (Wildman–Crippen MR) is 132 cm³/mol. The molecule has 0 aromatic heterocycles. The van der Waals surface area contributed by atoms with Crippen molar-refractivity contribution in [3.05, 3.63) is 29.3 Å². The summed E-state index contributed by atoms with van der Waals surface area (Å²) in [6.07, 6.45) is 5.23. The Kier molecular flexibility index (Phi) is 9.92. The summed E-state index contributed by atoms with van der Waals surface area (Å²) in [7, 11) is 1.74. The van der Waals surface area contributed by atoms with Crippen molar-refractivity contribution in [1.29, 1.82) is 0 Å². The van der Waals surface area contributed by atoms with Gasteiger partial charge in [0.15, 0.2) is 6.61 Å². The van der Waals surface area contributed by atoms with Gasteiger partial charge < -0.3 is 20.1 Å². The zero-order chi connectivity index (χ0) is 27.7. The molecule has 13 heteroatoms. The molecule has 2 heterocycles. The number of hydrogen-bond acceptors (Lipinski definition) is 9. The molecule has 1 aromatic carbocycles. The number of rotatable bonds is 13. The molecule has 3 rings (SSSR count). The number of benzene rings is 1. The van der Waals surface area contributed by atoms with Gasteiger partial charge in [0.25, 0.3) is 17.7 Å². The first kappa shape index (κ1) is 28.3. The maximum Gasteiger partial charge on any atom is 0.266 e. The normalized spacial score (nSPS) is 16.7. The third kappa shape index (κ3) is 7.15. The summed E-state index contributed by atoms with van der Waals surface area (Å²) in [6.45, 7) is 1.09. The van der Waals surface area contributed by atoms with Gasteiger partial charge in [-0.05, 0) is 25.6 Å². The number of likely N-dealkylation sites (N-methyl/N-ethyl adjacent to an activating group) is 1. The molecule has 3 N–H and O–H groups in total. The maximum atomic E-state index is 13.0. The Morgan fingerprint density at radius 2 is 1.84 bits per heavy atom. The van der Waals surface area contributed by atoms with Crippen molar-refractivity contribution in [2.45, 2.75) is 18.9 Å². The zero-order valence-corrected chi connectivity index (χ0v) is 20.9. The third-order valence-electron chi connectivity index (χ3n) is 5.70. The molecule has 13 nitrogen and oxygen atoms in total. The molecular weight excluding hydrogens is 498 g/mol. The van der Waals surface area contributed by atoms with Crippen molar-refractivity contribution < 1.29 is 38.2 Å². The molecule has 2 aliphatic heterocycles. The number of piperidine rings is 1. The van der Waals surface area contributed by atoms with E-state index in [1.54, 1.807) is 11.9 Å². The van der Waals surface area contributed by atoms with Crippen molar-refractivity contribution in [1.82, 2.24) is 25.8 Å². The minimum Gasteiger partial charge on any atom is -0.483 e. The van der Waals surface area contributed by atoms with Gasteiger partial charge in [0, 0.05) is 19.5 Å². The number of carbonyl (C=O) groups is 6. The summed E-state index contributed by atoms with van der Waals surface area (Å²) in [5.41, 5.74) is 0.0201. The summed E-state index contributed by atoms with van der Waals surface area (Å²) < 4.78 is 10.9. The molecule has 0 aliphatic carbocycles. The van der Waals surface area contributed by atoms with Crippen LogP contribution in [-0.2, 0) is 23.9 Å². The van der Waals surface area contributed by atoms with E-state index in [1.807, 2.05) is 0 Å². The first-order chi connectivity index (χ1) is 18.2. The molecule has 1 fully saturated rings. The van der Waals surface area contributed by atoms with Gasteiger partial charge in [-0.1, -0.05) is 12.0 Å². The monoisotopic (exact) mass is 527 g/mol. The topological polar surface area (TPSA) is 163 Å². The highest BCUT2D eigenvalue weighted by Crippen LogP contribution is 2.33. The molecule has 1 saturated heterocycles. The molecule has 38 heavy (non-hydrogen) atoms. The fourth-order valence-corrected chi connectivity index (χ4v) is 3.94. The Hall–Kier alpha value is -4.28. The van der Waals surface area contributed by atoms with E-state index in [-0.39, 0.29) is 61.9 Å². The second kappa shape index (κ2) is 13.3. The van der Waals surface area contributed by atoms with Crippen molar-refractivity contribution in [3.8, 4) is 18.1 Å². The molecule has 0 saturated carbocycles. The van der Waals surface area contributed by atoms with Crippen LogP contribution in [0.3, 0.4) is 0 Å². The maximum absolute atomic E-state index is 13.0. The van der Waals surface area contributed by atoms with E-state index in [0.29, 0.717) is 13.1 Å². The second-order valence-corrected chi connectivity index (χ2v) is 8.60. The minimum atomic E-state index is -1.10. The molecule has 1 unspecified atom stereocenters. The number of nitrogens with zero attached hydrogens (tertiary/aromatic N) is 2. The highest BCUT2D eigenvalue weighted by Gasteiger charge is 2.46. The number of terminal acetylenes is 1. The summed E-state index contributed by atoms with van der Waals surface area (Å²) in [5.74, 6) is -0.737. The lowest BCUT2D eigenvalue weighted by molar-refractivity contribution is -0.136. The average Bonchev–Trinajstić information content (AvgIpc) is 3.12. The van der Waals surface area contributed by atoms with E-state index >= 15 is 0 Å². The van der Waals surface area contributed by atoms with Gasteiger partial charge in [0.05, 0.1) is 37.4 Å². The van der Waals surface area contributed by atoms with Gasteiger partial charge in [-0.2, -0.15) is 0 Å². The van der Waals surface area contributed by atoms with Crippen LogP contribution in [0.2, 0.25) is 0 Å². The van der Waals surface area contributed by atoms with Crippen LogP contribution in [0.5, 0.6) is 5.75 Å². The molecule has 1 aromatic rings. The Labute approximate surface area is 219 Å². The summed E-state index contributed by atoms with van der Waals surface area (Å²) in [5, 5.41) is 7.43. The van der Waals surface area contributed by atoms with Crippen molar-refractivity contribution in [2.24, 2.45) is 0 Å². The number of fused-ring (bicyclic) bond motifs is 1. The number of carbonyl (C=O) groups excluding carboxylic acids is 6. The lowest BCUT2D eigenvalue weighted by atomic mass is 10.0. The van der Waals surface area contributed by atoms with E-state index in [0.717, 1.165) is 4.90 Å². The first-order valence-electron chi connectivity index (χ1n) is 11.9. The molecule has 0 radical (unpaired) electrons. The van der Waals surface area contributed by atoms with Crippen molar-refractivity contribution >= 4 is 35.4 Å². The van der Waals surface area contributed by atoms with Crippen LogP contribution in [0.15, 0.2) is 18.2 Å². The van der Waals surface area contributed by atoms with E-state index in [1.165, 1.54) is 18.2 Å². The van der Waals surface area contributed by atoms with Gasteiger partial charge in [-0.3, -0.25) is 43.9 Å². The van der Waals surface area contributed by atoms with Crippen LogP contribution in [-0.4, -0.2) is 104 Å². The molecule has 202 valence electrons. The third-order valence-corrected chi connectivity index (χ3v) is 5.70. The lowest BCUT2D eigenvalue weighted by Gasteiger charge is -2.27. The molecular formula is C25H29N5O8. The summed E-state index contributed by atoms with van der Waals surface area (Å²) in [6, 6.07) is 3.29. The first-order valence-corrected chi connectivity index (χ1v) is 11.9. The zero-order valence-electron chi connectivity index (χ0n) is 20.9.